The fraction of sp³-hybridized carbons (Fsp3) is 0.538. The van der Waals surface area contributed by atoms with Crippen LogP contribution < -0.4 is 5.32 Å². The number of anilines is 1. The lowest BCUT2D eigenvalue weighted by atomic mass is 9.99. The Hall–Kier alpha value is -0.660. The van der Waals surface area contributed by atoms with Crippen LogP contribution in [0.3, 0.4) is 0 Å². The highest BCUT2D eigenvalue weighted by Crippen LogP contribution is 2.22. The molecule has 4 nitrogen and oxygen atoms in total. The molecule has 7 heteroatoms. The van der Waals surface area contributed by atoms with E-state index in [1.165, 1.54) is 16.6 Å². The summed E-state index contributed by atoms with van der Waals surface area (Å²) in [6.07, 6.45) is 3.13. The van der Waals surface area contributed by atoms with Crippen molar-refractivity contribution in [2.24, 2.45) is 5.92 Å². The first kappa shape index (κ1) is 15.7. The average Bonchev–Trinajstić information content (AvgIpc) is 2.39. The van der Waals surface area contributed by atoms with Crippen LogP contribution in [0.2, 0.25) is 0 Å². The van der Waals surface area contributed by atoms with Crippen molar-refractivity contribution in [2.75, 3.05) is 31.2 Å². The highest BCUT2D eigenvalue weighted by molar-refractivity contribution is 9.10. The molecule has 0 radical (unpaired) electrons. The molecule has 0 bridgehead atoms. The maximum atomic E-state index is 13.1. The molecule has 1 atom stereocenters. The molecule has 1 N–H and O–H groups in total. The lowest BCUT2D eigenvalue weighted by Crippen LogP contribution is -2.41. The SMILES string of the molecule is CS(=O)(=O)N1CCCC(CNc2ccc(F)c(Br)c2)C1. The Labute approximate surface area is 127 Å². The maximum absolute atomic E-state index is 13.1. The largest absolute Gasteiger partial charge is 0.385 e. The Morgan fingerprint density at radius 3 is 2.90 bits per heavy atom. The quantitative estimate of drug-likeness (QED) is 0.893. The normalized spacial score (nSPS) is 20.9. The molecule has 1 aliphatic rings. The summed E-state index contributed by atoms with van der Waals surface area (Å²) in [6.45, 7) is 1.84. The first-order chi connectivity index (χ1) is 9.36. The molecule has 1 aromatic carbocycles. The fourth-order valence-corrected chi connectivity index (χ4v) is 3.68. The summed E-state index contributed by atoms with van der Waals surface area (Å²) in [5.74, 6) is -0.0150. The van der Waals surface area contributed by atoms with Gasteiger partial charge in [-0.2, -0.15) is 0 Å². The van der Waals surface area contributed by atoms with Crippen LogP contribution in [0, 0.1) is 11.7 Å². The predicted octanol–water partition coefficient (Wildman–Crippen LogP) is 2.67. The summed E-state index contributed by atoms with van der Waals surface area (Å²) in [5.41, 5.74) is 0.828. The zero-order chi connectivity index (χ0) is 14.8. The number of piperidine rings is 1. The maximum Gasteiger partial charge on any atom is 0.211 e. The van der Waals surface area contributed by atoms with Crippen LogP contribution in [0.4, 0.5) is 10.1 Å². The summed E-state index contributed by atoms with van der Waals surface area (Å²) in [6, 6.07) is 4.76. The van der Waals surface area contributed by atoms with Gasteiger partial charge in [0.2, 0.25) is 10.0 Å². The molecule has 0 aliphatic carbocycles. The molecule has 20 heavy (non-hydrogen) atoms. The van der Waals surface area contributed by atoms with E-state index in [1.807, 2.05) is 0 Å². The minimum atomic E-state index is -3.11. The third-order valence-corrected chi connectivity index (χ3v) is 5.34. The molecule has 2 rings (SSSR count). The molecular formula is C13H18BrFN2O2S. The third-order valence-electron chi connectivity index (χ3n) is 3.47. The van der Waals surface area contributed by atoms with Gasteiger partial charge in [-0.3, -0.25) is 0 Å². The zero-order valence-corrected chi connectivity index (χ0v) is 13.7. The smallest absolute Gasteiger partial charge is 0.211 e. The van der Waals surface area contributed by atoms with Crippen molar-refractivity contribution in [3.8, 4) is 0 Å². The molecule has 1 unspecified atom stereocenters. The highest BCUT2D eigenvalue weighted by atomic mass is 79.9. The van der Waals surface area contributed by atoms with Crippen LogP contribution in [-0.4, -0.2) is 38.6 Å². The molecule has 0 aromatic heterocycles. The van der Waals surface area contributed by atoms with E-state index >= 15 is 0 Å². The van der Waals surface area contributed by atoms with Gasteiger partial charge in [-0.25, -0.2) is 17.1 Å². The van der Waals surface area contributed by atoms with Gasteiger partial charge < -0.3 is 5.32 Å². The number of halogens is 2. The van der Waals surface area contributed by atoms with Crippen molar-refractivity contribution in [1.82, 2.24) is 4.31 Å². The number of nitrogens with zero attached hydrogens (tertiary/aromatic N) is 1. The van der Waals surface area contributed by atoms with E-state index in [9.17, 15) is 12.8 Å². The minimum Gasteiger partial charge on any atom is -0.385 e. The number of rotatable bonds is 4. The van der Waals surface area contributed by atoms with Crippen LogP contribution in [-0.2, 0) is 10.0 Å². The number of sulfonamides is 1. The number of benzene rings is 1. The van der Waals surface area contributed by atoms with E-state index in [2.05, 4.69) is 21.2 Å². The molecule has 0 amide bonds. The van der Waals surface area contributed by atoms with Gasteiger partial charge in [0, 0.05) is 25.3 Å². The summed E-state index contributed by atoms with van der Waals surface area (Å²) in [5, 5.41) is 3.24. The first-order valence-electron chi connectivity index (χ1n) is 6.50. The summed E-state index contributed by atoms with van der Waals surface area (Å²) >= 11 is 3.15. The fourth-order valence-electron chi connectivity index (χ4n) is 2.36. The molecule has 1 fully saturated rings. The molecule has 0 spiro atoms. The van der Waals surface area contributed by atoms with Gasteiger partial charge in [-0.1, -0.05) is 0 Å². The van der Waals surface area contributed by atoms with Crippen LogP contribution in [0.1, 0.15) is 12.8 Å². The van der Waals surface area contributed by atoms with Gasteiger partial charge in [0.15, 0.2) is 0 Å². The Bertz CT molecular complexity index is 580. The second kappa shape index (κ2) is 6.41. The molecule has 1 saturated heterocycles. The monoisotopic (exact) mass is 364 g/mol. The summed E-state index contributed by atoms with van der Waals surface area (Å²) in [4.78, 5) is 0. The number of hydrogen-bond acceptors (Lipinski definition) is 3. The van der Waals surface area contributed by atoms with Crippen molar-refractivity contribution in [3.63, 3.8) is 0 Å². The van der Waals surface area contributed by atoms with Gasteiger partial charge >= 0.3 is 0 Å². The lowest BCUT2D eigenvalue weighted by molar-refractivity contribution is 0.277. The van der Waals surface area contributed by atoms with E-state index in [0.717, 1.165) is 18.5 Å². The van der Waals surface area contributed by atoms with Crippen molar-refractivity contribution >= 4 is 31.6 Å². The predicted molar refractivity (Wildman–Crippen MR) is 81.7 cm³/mol. The van der Waals surface area contributed by atoms with Gasteiger partial charge in [0.05, 0.1) is 10.7 Å². The molecule has 1 heterocycles. The third kappa shape index (κ3) is 4.17. The van der Waals surface area contributed by atoms with Crippen molar-refractivity contribution in [1.29, 1.82) is 0 Å². The molecule has 1 aromatic rings. The van der Waals surface area contributed by atoms with Crippen LogP contribution in [0.5, 0.6) is 0 Å². The van der Waals surface area contributed by atoms with Crippen LogP contribution in [0.15, 0.2) is 22.7 Å². The molecule has 1 aliphatic heterocycles. The molecule has 0 saturated carbocycles. The van der Waals surface area contributed by atoms with E-state index in [0.29, 0.717) is 24.1 Å². The van der Waals surface area contributed by atoms with E-state index < -0.39 is 10.0 Å². The van der Waals surface area contributed by atoms with Gasteiger partial charge in [-0.15, -0.1) is 0 Å². The second-order valence-electron chi connectivity index (χ2n) is 5.14. The van der Waals surface area contributed by atoms with E-state index in [-0.39, 0.29) is 11.7 Å². The number of hydrogen-bond donors (Lipinski definition) is 1. The van der Waals surface area contributed by atoms with E-state index in [4.69, 9.17) is 0 Å². The van der Waals surface area contributed by atoms with Gasteiger partial charge in [0.25, 0.3) is 0 Å². The van der Waals surface area contributed by atoms with Crippen molar-refractivity contribution in [3.05, 3.63) is 28.5 Å². The Morgan fingerprint density at radius 2 is 2.25 bits per heavy atom. The van der Waals surface area contributed by atoms with Crippen LogP contribution >= 0.6 is 15.9 Å². The van der Waals surface area contributed by atoms with Gasteiger partial charge in [-0.05, 0) is 52.9 Å². The van der Waals surface area contributed by atoms with Crippen molar-refractivity contribution in [2.45, 2.75) is 12.8 Å². The molecule has 112 valence electrons. The average molecular weight is 365 g/mol. The zero-order valence-electron chi connectivity index (χ0n) is 11.3. The highest BCUT2D eigenvalue weighted by Gasteiger charge is 2.25. The number of nitrogens with one attached hydrogen (secondary N) is 1. The van der Waals surface area contributed by atoms with Gasteiger partial charge in [0.1, 0.15) is 5.82 Å². The second-order valence-corrected chi connectivity index (χ2v) is 7.98. The Morgan fingerprint density at radius 1 is 1.50 bits per heavy atom. The summed E-state index contributed by atoms with van der Waals surface area (Å²) in [7, 11) is -3.11. The Kier molecular flexibility index (Phi) is 5.04. The standard InChI is InChI=1S/C13H18BrFN2O2S/c1-20(18,19)17-6-2-3-10(9-17)8-16-11-4-5-13(15)12(14)7-11/h4-5,7,10,16H,2-3,6,8-9H2,1H3. The van der Waals surface area contributed by atoms with E-state index in [1.54, 1.807) is 12.1 Å². The minimum absolute atomic E-state index is 0.280. The molecular weight excluding hydrogens is 347 g/mol. The topological polar surface area (TPSA) is 49.4 Å². The first-order valence-corrected chi connectivity index (χ1v) is 9.14. The van der Waals surface area contributed by atoms with Crippen molar-refractivity contribution < 1.29 is 12.8 Å². The summed E-state index contributed by atoms with van der Waals surface area (Å²) < 4.78 is 38.2. The Balaban J connectivity index is 1.92. The lowest BCUT2D eigenvalue weighted by Gasteiger charge is -2.31. The van der Waals surface area contributed by atoms with Crippen LogP contribution in [0.25, 0.3) is 0 Å².